The van der Waals surface area contributed by atoms with E-state index in [1.165, 1.54) is 25.5 Å². The highest BCUT2D eigenvalue weighted by Crippen LogP contribution is 2.34. The van der Waals surface area contributed by atoms with Crippen molar-refractivity contribution in [1.82, 2.24) is 19.7 Å². The summed E-state index contributed by atoms with van der Waals surface area (Å²) in [5, 5.41) is 14.5. The van der Waals surface area contributed by atoms with E-state index in [-0.39, 0.29) is 18.1 Å². The summed E-state index contributed by atoms with van der Waals surface area (Å²) in [6.45, 7) is -0.720. The Morgan fingerprint density at radius 3 is 2.65 bits per heavy atom. The molecule has 8 nitrogen and oxygen atoms in total. The standard InChI is InChI=1S/C15H13F3N6O2/c1-23(14(26)8-24-9-20-12(6-19)22-24)7-13(25)21-11-5-3-2-4-10(11)15(16,17)18/h2-5,9H,7-8H2,1H3,(H,21,25). The number of likely N-dealkylation sites (N-methyl/N-ethyl adjacent to an activating group) is 1. The van der Waals surface area contributed by atoms with E-state index in [9.17, 15) is 22.8 Å². The number of carbonyl (C=O) groups is 2. The van der Waals surface area contributed by atoms with Gasteiger partial charge >= 0.3 is 6.18 Å². The van der Waals surface area contributed by atoms with Crippen molar-refractivity contribution < 1.29 is 22.8 Å². The molecule has 2 rings (SSSR count). The largest absolute Gasteiger partial charge is 0.418 e. The van der Waals surface area contributed by atoms with Crippen LogP contribution in [0.4, 0.5) is 18.9 Å². The van der Waals surface area contributed by atoms with Crippen LogP contribution in [0.5, 0.6) is 0 Å². The Kier molecular flexibility index (Phi) is 5.56. The van der Waals surface area contributed by atoms with Crippen LogP contribution in [0.3, 0.4) is 0 Å². The number of anilines is 1. The highest BCUT2D eigenvalue weighted by molar-refractivity contribution is 5.95. The number of benzene rings is 1. The van der Waals surface area contributed by atoms with E-state index in [1.54, 1.807) is 6.07 Å². The minimum atomic E-state index is -4.61. The molecule has 2 amide bonds. The van der Waals surface area contributed by atoms with E-state index in [1.807, 2.05) is 0 Å². The predicted molar refractivity (Wildman–Crippen MR) is 82.4 cm³/mol. The van der Waals surface area contributed by atoms with Crippen LogP contribution in [0.15, 0.2) is 30.6 Å². The molecule has 11 heteroatoms. The van der Waals surface area contributed by atoms with Crippen LogP contribution in [-0.2, 0) is 22.3 Å². The zero-order valence-corrected chi connectivity index (χ0v) is 13.5. The number of alkyl halides is 3. The van der Waals surface area contributed by atoms with E-state index in [0.29, 0.717) is 0 Å². The highest BCUT2D eigenvalue weighted by Gasteiger charge is 2.33. The van der Waals surface area contributed by atoms with Gasteiger partial charge in [-0.15, -0.1) is 5.10 Å². The van der Waals surface area contributed by atoms with Gasteiger partial charge in [-0.3, -0.25) is 9.59 Å². The fraction of sp³-hybridized carbons (Fsp3) is 0.267. The van der Waals surface area contributed by atoms with Gasteiger partial charge in [-0.05, 0) is 12.1 Å². The maximum Gasteiger partial charge on any atom is 0.418 e. The molecule has 1 N–H and O–H groups in total. The summed E-state index contributed by atoms with van der Waals surface area (Å²) in [6, 6.07) is 6.25. The molecule has 0 atom stereocenters. The third-order valence-electron chi connectivity index (χ3n) is 3.25. The smallest absolute Gasteiger partial charge is 0.335 e. The lowest BCUT2D eigenvalue weighted by molar-refractivity contribution is -0.137. The SMILES string of the molecule is CN(CC(=O)Nc1ccccc1C(F)(F)F)C(=O)Cn1cnc(C#N)n1. The normalized spacial score (nSPS) is 10.9. The maximum atomic E-state index is 12.9. The zero-order valence-electron chi connectivity index (χ0n) is 13.5. The summed E-state index contributed by atoms with van der Waals surface area (Å²) in [5.74, 6) is -1.42. The molecule has 0 fully saturated rings. The fourth-order valence-electron chi connectivity index (χ4n) is 2.01. The van der Waals surface area contributed by atoms with Gasteiger partial charge in [0.25, 0.3) is 5.82 Å². The van der Waals surface area contributed by atoms with Crippen molar-refractivity contribution >= 4 is 17.5 Å². The summed E-state index contributed by atoms with van der Waals surface area (Å²) in [7, 11) is 1.32. The summed E-state index contributed by atoms with van der Waals surface area (Å²) in [6.07, 6.45) is -3.43. The Hall–Kier alpha value is -3.42. The van der Waals surface area contributed by atoms with Gasteiger partial charge in [0.15, 0.2) is 0 Å². The quantitative estimate of drug-likeness (QED) is 0.858. The van der Waals surface area contributed by atoms with Crippen molar-refractivity contribution in [3.63, 3.8) is 0 Å². The van der Waals surface area contributed by atoms with E-state index >= 15 is 0 Å². The first-order chi connectivity index (χ1) is 12.2. The second-order valence-corrected chi connectivity index (χ2v) is 5.22. The number of nitrogens with one attached hydrogen (secondary N) is 1. The number of halogens is 3. The van der Waals surface area contributed by atoms with E-state index in [4.69, 9.17) is 5.26 Å². The number of hydrogen-bond acceptors (Lipinski definition) is 5. The molecule has 0 aliphatic rings. The van der Waals surface area contributed by atoms with Crippen LogP contribution < -0.4 is 5.32 Å². The zero-order chi connectivity index (χ0) is 19.3. The average Bonchev–Trinajstić information content (AvgIpc) is 3.01. The molecule has 0 saturated carbocycles. The number of rotatable bonds is 5. The summed E-state index contributed by atoms with van der Waals surface area (Å²) < 4.78 is 39.8. The molecule has 0 aliphatic carbocycles. The summed E-state index contributed by atoms with van der Waals surface area (Å²) in [4.78, 5) is 28.6. The topological polar surface area (TPSA) is 104 Å². The van der Waals surface area contributed by atoms with Gasteiger partial charge in [0.2, 0.25) is 11.8 Å². The third-order valence-corrected chi connectivity index (χ3v) is 3.25. The average molecular weight is 366 g/mol. The Morgan fingerprint density at radius 1 is 1.35 bits per heavy atom. The van der Waals surface area contributed by atoms with Crippen molar-refractivity contribution in [1.29, 1.82) is 5.26 Å². The number of hydrogen-bond donors (Lipinski definition) is 1. The molecule has 26 heavy (non-hydrogen) atoms. The van der Waals surface area contributed by atoms with Gasteiger partial charge in [-0.25, -0.2) is 9.67 Å². The molecule has 0 aliphatic heterocycles. The van der Waals surface area contributed by atoms with E-state index < -0.39 is 30.1 Å². The number of para-hydroxylation sites is 1. The lowest BCUT2D eigenvalue weighted by Gasteiger charge is -2.18. The molecule has 0 unspecified atom stereocenters. The van der Waals surface area contributed by atoms with Crippen LogP contribution in [0.1, 0.15) is 11.4 Å². The first-order valence-corrected chi connectivity index (χ1v) is 7.20. The van der Waals surface area contributed by atoms with Gasteiger partial charge < -0.3 is 10.2 Å². The van der Waals surface area contributed by atoms with Crippen molar-refractivity contribution in [3.8, 4) is 6.07 Å². The first kappa shape index (κ1) is 18.9. The van der Waals surface area contributed by atoms with Crippen LogP contribution in [0.25, 0.3) is 0 Å². The van der Waals surface area contributed by atoms with Crippen LogP contribution in [0.2, 0.25) is 0 Å². The molecular weight excluding hydrogens is 353 g/mol. The summed E-state index contributed by atoms with van der Waals surface area (Å²) in [5.41, 5.74) is -1.37. The fourth-order valence-corrected chi connectivity index (χ4v) is 2.01. The van der Waals surface area contributed by atoms with Gasteiger partial charge in [0.05, 0.1) is 17.8 Å². The maximum absolute atomic E-state index is 12.9. The molecule has 1 heterocycles. The van der Waals surface area contributed by atoms with Crippen molar-refractivity contribution in [2.75, 3.05) is 18.9 Å². The van der Waals surface area contributed by atoms with Crippen LogP contribution in [-0.4, -0.2) is 45.1 Å². The Labute approximate surface area is 145 Å². The number of nitrogens with zero attached hydrogens (tertiary/aromatic N) is 5. The molecule has 2 aromatic rings. The van der Waals surface area contributed by atoms with E-state index in [2.05, 4.69) is 15.4 Å². The molecule has 136 valence electrons. The van der Waals surface area contributed by atoms with Gasteiger partial charge in [-0.2, -0.15) is 18.4 Å². The minimum absolute atomic E-state index is 0.109. The van der Waals surface area contributed by atoms with Gasteiger partial charge in [-0.1, -0.05) is 12.1 Å². The predicted octanol–water partition coefficient (Wildman–Crippen LogP) is 1.27. The Morgan fingerprint density at radius 2 is 2.04 bits per heavy atom. The highest BCUT2D eigenvalue weighted by atomic mass is 19.4. The monoisotopic (exact) mass is 366 g/mol. The number of amides is 2. The molecule has 1 aromatic heterocycles. The minimum Gasteiger partial charge on any atom is -0.335 e. The second-order valence-electron chi connectivity index (χ2n) is 5.22. The lowest BCUT2D eigenvalue weighted by atomic mass is 10.1. The number of carbonyl (C=O) groups excluding carboxylic acids is 2. The molecule has 0 bridgehead atoms. The third kappa shape index (κ3) is 4.79. The van der Waals surface area contributed by atoms with Crippen molar-refractivity contribution in [2.24, 2.45) is 0 Å². The van der Waals surface area contributed by atoms with Crippen LogP contribution in [0, 0.1) is 11.3 Å². The molecule has 0 radical (unpaired) electrons. The Bertz CT molecular complexity index is 856. The first-order valence-electron chi connectivity index (χ1n) is 7.20. The Balaban J connectivity index is 1.97. The van der Waals surface area contributed by atoms with Crippen LogP contribution >= 0.6 is 0 Å². The van der Waals surface area contributed by atoms with Crippen molar-refractivity contribution in [3.05, 3.63) is 42.0 Å². The second kappa shape index (κ2) is 7.64. The summed E-state index contributed by atoms with van der Waals surface area (Å²) >= 11 is 0. The molecule has 1 aromatic carbocycles. The lowest BCUT2D eigenvalue weighted by Crippen LogP contribution is -2.37. The molecular formula is C15H13F3N6O2. The van der Waals surface area contributed by atoms with Crippen molar-refractivity contribution in [2.45, 2.75) is 12.7 Å². The van der Waals surface area contributed by atoms with Gasteiger partial charge in [0, 0.05) is 7.05 Å². The molecule has 0 spiro atoms. The molecule has 0 saturated heterocycles. The number of nitriles is 1. The number of aromatic nitrogens is 3. The van der Waals surface area contributed by atoms with Gasteiger partial charge in [0.1, 0.15) is 18.9 Å². The van der Waals surface area contributed by atoms with E-state index in [0.717, 1.165) is 21.7 Å².